The first-order chi connectivity index (χ1) is 7.70. The monoisotopic (exact) mass is 236 g/mol. The Morgan fingerprint density at radius 2 is 2.00 bits per heavy atom. The Kier molecular flexibility index (Phi) is 3.15. The van der Waals surface area contributed by atoms with Crippen LogP contribution >= 0.6 is 11.6 Å². The van der Waals surface area contributed by atoms with Crippen molar-refractivity contribution in [2.45, 2.75) is 13.5 Å². The molecule has 0 saturated heterocycles. The number of benzene rings is 1. The molecule has 84 valence electrons. The topological polar surface area (TPSA) is 27.1 Å². The van der Waals surface area contributed by atoms with Gasteiger partial charge in [0.2, 0.25) is 5.28 Å². The molecule has 4 heteroatoms. The van der Waals surface area contributed by atoms with Gasteiger partial charge in [0.25, 0.3) is 0 Å². The minimum Gasteiger partial charge on any atom is -0.497 e. The van der Waals surface area contributed by atoms with Gasteiger partial charge in [-0.3, -0.25) is 0 Å². The number of rotatable bonds is 3. The van der Waals surface area contributed by atoms with E-state index in [2.05, 4.69) is 4.98 Å². The fourth-order valence-electron chi connectivity index (χ4n) is 1.54. The molecular weight excluding hydrogens is 224 g/mol. The fourth-order valence-corrected chi connectivity index (χ4v) is 1.78. The van der Waals surface area contributed by atoms with Crippen LogP contribution in [0, 0.1) is 6.92 Å². The number of hydrogen-bond donors (Lipinski definition) is 0. The van der Waals surface area contributed by atoms with Gasteiger partial charge in [-0.25, -0.2) is 4.98 Å². The Balaban J connectivity index is 2.20. The maximum Gasteiger partial charge on any atom is 0.203 e. The lowest BCUT2D eigenvalue weighted by Gasteiger charge is -2.07. The molecule has 16 heavy (non-hydrogen) atoms. The summed E-state index contributed by atoms with van der Waals surface area (Å²) < 4.78 is 7.07. The van der Waals surface area contributed by atoms with Crippen molar-refractivity contribution in [1.82, 2.24) is 9.55 Å². The number of methoxy groups -OCH3 is 1. The molecule has 0 fully saturated rings. The van der Waals surface area contributed by atoms with E-state index in [9.17, 15) is 0 Å². The lowest BCUT2D eigenvalue weighted by atomic mass is 10.2. The fraction of sp³-hybridized carbons (Fsp3) is 0.250. The molecule has 2 aromatic rings. The maximum absolute atomic E-state index is 5.98. The zero-order valence-electron chi connectivity index (χ0n) is 9.27. The third-order valence-electron chi connectivity index (χ3n) is 2.51. The highest BCUT2D eigenvalue weighted by Gasteiger charge is 2.04. The van der Waals surface area contributed by atoms with Gasteiger partial charge in [-0.15, -0.1) is 0 Å². The molecule has 0 aliphatic carbocycles. The lowest BCUT2D eigenvalue weighted by molar-refractivity contribution is 0.414. The molecule has 0 unspecified atom stereocenters. The van der Waals surface area contributed by atoms with Crippen LogP contribution in [0.3, 0.4) is 0 Å². The van der Waals surface area contributed by atoms with Gasteiger partial charge in [0.15, 0.2) is 0 Å². The predicted molar refractivity (Wildman–Crippen MR) is 64.1 cm³/mol. The van der Waals surface area contributed by atoms with E-state index in [0.29, 0.717) is 5.28 Å². The number of hydrogen-bond acceptors (Lipinski definition) is 2. The normalized spacial score (nSPS) is 10.4. The first-order valence-corrected chi connectivity index (χ1v) is 5.39. The van der Waals surface area contributed by atoms with Crippen LogP contribution in [-0.2, 0) is 6.54 Å². The number of nitrogens with zero attached hydrogens (tertiary/aromatic N) is 2. The van der Waals surface area contributed by atoms with Crippen molar-refractivity contribution in [3.05, 3.63) is 47.0 Å². The Hall–Kier alpha value is -1.48. The molecule has 1 heterocycles. The molecule has 0 amide bonds. The summed E-state index contributed by atoms with van der Waals surface area (Å²) in [5.74, 6) is 0.859. The van der Waals surface area contributed by atoms with E-state index in [-0.39, 0.29) is 0 Å². The number of aromatic nitrogens is 2. The van der Waals surface area contributed by atoms with Crippen LogP contribution in [0.5, 0.6) is 5.75 Å². The quantitative estimate of drug-likeness (QED) is 0.820. The highest BCUT2D eigenvalue weighted by molar-refractivity contribution is 6.28. The summed E-state index contributed by atoms with van der Waals surface area (Å²) in [4.78, 5) is 4.05. The smallest absolute Gasteiger partial charge is 0.203 e. The summed E-state index contributed by atoms with van der Waals surface area (Å²) >= 11 is 5.98. The molecule has 2 rings (SSSR count). The molecule has 0 bridgehead atoms. The van der Waals surface area contributed by atoms with Gasteiger partial charge in [-0.1, -0.05) is 12.1 Å². The van der Waals surface area contributed by atoms with Crippen molar-refractivity contribution in [2.75, 3.05) is 7.11 Å². The minimum absolute atomic E-state index is 0.522. The molecule has 1 aromatic carbocycles. The van der Waals surface area contributed by atoms with Crippen molar-refractivity contribution in [1.29, 1.82) is 0 Å². The van der Waals surface area contributed by atoms with E-state index in [0.717, 1.165) is 18.0 Å². The second-order valence-corrected chi connectivity index (χ2v) is 3.94. The van der Waals surface area contributed by atoms with Crippen LogP contribution in [0.1, 0.15) is 11.3 Å². The van der Waals surface area contributed by atoms with Gasteiger partial charge in [-0.2, -0.15) is 0 Å². The van der Waals surface area contributed by atoms with Gasteiger partial charge in [0, 0.05) is 11.9 Å². The van der Waals surface area contributed by atoms with E-state index in [1.807, 2.05) is 35.8 Å². The lowest BCUT2D eigenvalue weighted by Crippen LogP contribution is -2.01. The second-order valence-electron chi connectivity index (χ2n) is 3.60. The highest BCUT2D eigenvalue weighted by atomic mass is 35.5. The molecule has 0 atom stereocenters. The summed E-state index contributed by atoms with van der Waals surface area (Å²) in [7, 11) is 1.66. The first kappa shape index (κ1) is 11.0. The van der Waals surface area contributed by atoms with E-state index in [4.69, 9.17) is 16.3 Å². The van der Waals surface area contributed by atoms with Crippen molar-refractivity contribution < 1.29 is 4.74 Å². The van der Waals surface area contributed by atoms with Crippen molar-refractivity contribution in [2.24, 2.45) is 0 Å². The van der Waals surface area contributed by atoms with Crippen LogP contribution in [0.15, 0.2) is 30.5 Å². The molecule has 0 radical (unpaired) electrons. The average Bonchev–Trinajstić information content (AvgIpc) is 2.62. The molecule has 0 aliphatic rings. The Morgan fingerprint density at radius 3 is 2.50 bits per heavy atom. The summed E-state index contributed by atoms with van der Waals surface area (Å²) in [5.41, 5.74) is 2.23. The van der Waals surface area contributed by atoms with Crippen LogP contribution in [0.25, 0.3) is 0 Å². The molecule has 0 spiro atoms. The summed E-state index contributed by atoms with van der Waals surface area (Å²) in [6, 6.07) is 7.92. The van der Waals surface area contributed by atoms with Crippen LogP contribution in [0.4, 0.5) is 0 Å². The van der Waals surface area contributed by atoms with Gasteiger partial charge in [0.05, 0.1) is 13.7 Å². The Labute approximate surface area is 99.6 Å². The van der Waals surface area contributed by atoms with Gasteiger partial charge < -0.3 is 9.30 Å². The Bertz CT molecular complexity index is 457. The zero-order chi connectivity index (χ0) is 11.5. The molecule has 0 N–H and O–H groups in total. The van der Waals surface area contributed by atoms with Crippen molar-refractivity contribution in [3.63, 3.8) is 0 Å². The van der Waals surface area contributed by atoms with E-state index in [1.165, 1.54) is 5.56 Å². The van der Waals surface area contributed by atoms with Gasteiger partial charge >= 0.3 is 0 Å². The zero-order valence-corrected chi connectivity index (χ0v) is 10.0. The number of imidazole rings is 1. The van der Waals surface area contributed by atoms with Gasteiger partial charge in [-0.05, 0) is 36.2 Å². The molecule has 3 nitrogen and oxygen atoms in total. The average molecular weight is 237 g/mol. The molecule has 0 aliphatic heterocycles. The van der Waals surface area contributed by atoms with Crippen LogP contribution in [0.2, 0.25) is 5.28 Å². The second kappa shape index (κ2) is 4.58. The number of halogens is 1. The van der Waals surface area contributed by atoms with Gasteiger partial charge in [0.1, 0.15) is 5.75 Å². The van der Waals surface area contributed by atoms with Crippen molar-refractivity contribution >= 4 is 11.6 Å². The third-order valence-corrected chi connectivity index (χ3v) is 2.81. The molecule has 0 saturated carbocycles. The van der Waals surface area contributed by atoms with Crippen LogP contribution < -0.4 is 4.74 Å². The minimum atomic E-state index is 0.522. The predicted octanol–water partition coefficient (Wildman–Crippen LogP) is 2.90. The summed E-state index contributed by atoms with van der Waals surface area (Å²) in [5, 5.41) is 0.522. The summed E-state index contributed by atoms with van der Waals surface area (Å²) in [6.45, 7) is 2.72. The summed E-state index contributed by atoms with van der Waals surface area (Å²) in [6.07, 6.45) is 1.77. The standard InChI is InChI=1S/C12H13ClN2O/c1-9-7-14-12(13)15(9)8-10-3-5-11(16-2)6-4-10/h3-7H,8H2,1-2H3. The molecule has 1 aromatic heterocycles. The van der Waals surface area contributed by atoms with Crippen molar-refractivity contribution in [3.8, 4) is 5.75 Å². The van der Waals surface area contributed by atoms with E-state index < -0.39 is 0 Å². The molecular formula is C12H13ClN2O. The van der Waals surface area contributed by atoms with E-state index >= 15 is 0 Å². The maximum atomic E-state index is 5.98. The third kappa shape index (κ3) is 2.19. The van der Waals surface area contributed by atoms with Crippen LogP contribution in [-0.4, -0.2) is 16.7 Å². The first-order valence-electron chi connectivity index (χ1n) is 5.01. The Morgan fingerprint density at radius 1 is 1.31 bits per heavy atom. The number of aryl methyl sites for hydroxylation is 1. The largest absolute Gasteiger partial charge is 0.497 e. The SMILES string of the molecule is COc1ccc(Cn2c(C)cnc2Cl)cc1. The van der Waals surface area contributed by atoms with E-state index in [1.54, 1.807) is 13.3 Å². The highest BCUT2D eigenvalue weighted by Crippen LogP contribution is 2.16. The number of ether oxygens (including phenoxy) is 1.